The molecule has 1 heterocycles. The number of benzene rings is 2. The highest BCUT2D eigenvalue weighted by atomic mass is 127. The second-order valence-corrected chi connectivity index (χ2v) is 6.65. The molecule has 0 spiro atoms. The topological polar surface area (TPSA) is 66.6 Å². The molecule has 0 aliphatic heterocycles. The zero-order valence-electron chi connectivity index (χ0n) is 13.5. The molecule has 6 heteroatoms. The molecule has 2 N–H and O–H groups in total. The van der Waals surface area contributed by atoms with Crippen LogP contribution >= 0.6 is 22.6 Å². The number of aromatic nitrogens is 1. The molecule has 5 nitrogen and oxygen atoms in total. The highest BCUT2D eigenvalue weighted by Crippen LogP contribution is 2.20. The molecule has 25 heavy (non-hydrogen) atoms. The van der Waals surface area contributed by atoms with E-state index in [9.17, 15) is 9.90 Å². The highest BCUT2D eigenvalue weighted by molar-refractivity contribution is 14.1. The fourth-order valence-corrected chi connectivity index (χ4v) is 2.76. The van der Waals surface area contributed by atoms with Crippen molar-refractivity contribution in [3.8, 4) is 11.4 Å². The summed E-state index contributed by atoms with van der Waals surface area (Å²) in [7, 11) is 0. The third kappa shape index (κ3) is 4.08. The van der Waals surface area contributed by atoms with Gasteiger partial charge in [-0.3, -0.25) is 4.79 Å². The van der Waals surface area contributed by atoms with Gasteiger partial charge in [-0.1, -0.05) is 18.2 Å². The number of aryl methyl sites for hydroxylation is 1. The van der Waals surface area contributed by atoms with Crippen LogP contribution < -0.4 is 5.43 Å². The fraction of sp³-hybridized carbons (Fsp3) is 0.0526. The van der Waals surface area contributed by atoms with Crippen molar-refractivity contribution in [1.82, 2.24) is 9.99 Å². The third-order valence-electron chi connectivity index (χ3n) is 3.66. The van der Waals surface area contributed by atoms with Crippen LogP contribution in [0, 0.1) is 10.5 Å². The van der Waals surface area contributed by atoms with E-state index in [0.29, 0.717) is 9.13 Å². The molecule has 126 valence electrons. The van der Waals surface area contributed by atoms with Crippen molar-refractivity contribution in [2.75, 3.05) is 0 Å². The molecule has 0 fully saturated rings. The largest absolute Gasteiger partial charge is 0.507 e. The summed E-state index contributed by atoms with van der Waals surface area (Å²) >= 11 is 2.00. The summed E-state index contributed by atoms with van der Waals surface area (Å²) < 4.78 is 2.75. The summed E-state index contributed by atoms with van der Waals surface area (Å²) in [5.74, 6) is -0.296. The average Bonchev–Trinajstić information content (AvgIpc) is 2.98. The normalized spacial score (nSPS) is 11.0. The summed E-state index contributed by atoms with van der Waals surface area (Å²) in [6.45, 7) is 2.01. The molecule has 3 aromatic rings. The Labute approximate surface area is 159 Å². The van der Waals surface area contributed by atoms with Crippen LogP contribution in [0.1, 0.15) is 21.6 Å². The number of halogens is 1. The molecule has 3 rings (SSSR count). The number of hydrogen-bond acceptors (Lipinski definition) is 3. The maximum absolute atomic E-state index is 12.0. The number of para-hydroxylation sites is 1. The number of phenols is 1. The van der Waals surface area contributed by atoms with Crippen molar-refractivity contribution >= 4 is 34.7 Å². The lowest BCUT2D eigenvalue weighted by Gasteiger charge is -2.04. The number of nitrogens with one attached hydrogen (secondary N) is 1. The second-order valence-electron chi connectivity index (χ2n) is 5.49. The molecule has 0 aliphatic carbocycles. The monoisotopic (exact) mass is 445 g/mol. The third-order valence-corrected chi connectivity index (χ3v) is 4.57. The standard InChI is InChI=1S/C19H16IN3O2/c1-13-9-14(12-23(13)16-5-3-2-4-6-16)11-21-22-19(25)15-7-8-17(20)18(24)10-15/h2-12,24H,1H3,(H,22,25)/b21-11-. The number of hydrogen-bond donors (Lipinski definition) is 2. The Bertz CT molecular complexity index is 933. The summed E-state index contributed by atoms with van der Waals surface area (Å²) in [5, 5.41) is 13.7. The highest BCUT2D eigenvalue weighted by Gasteiger charge is 2.07. The quantitative estimate of drug-likeness (QED) is 0.364. The van der Waals surface area contributed by atoms with Gasteiger partial charge >= 0.3 is 0 Å². The molecular weight excluding hydrogens is 429 g/mol. The minimum Gasteiger partial charge on any atom is -0.507 e. The van der Waals surface area contributed by atoms with Crippen LogP contribution in [0.25, 0.3) is 5.69 Å². The van der Waals surface area contributed by atoms with Crippen molar-refractivity contribution in [2.45, 2.75) is 6.92 Å². The zero-order chi connectivity index (χ0) is 17.8. The van der Waals surface area contributed by atoms with Gasteiger partial charge in [-0.15, -0.1) is 0 Å². The molecule has 1 amide bonds. The predicted octanol–water partition coefficient (Wildman–Crippen LogP) is 3.86. The molecule has 0 bridgehead atoms. The zero-order valence-corrected chi connectivity index (χ0v) is 15.6. The van der Waals surface area contributed by atoms with E-state index in [1.807, 2.05) is 72.1 Å². The number of aromatic hydroxyl groups is 1. The summed E-state index contributed by atoms with van der Waals surface area (Å²) in [5.41, 5.74) is 5.85. The van der Waals surface area contributed by atoms with E-state index in [0.717, 1.165) is 16.9 Å². The molecule has 0 unspecified atom stereocenters. The molecule has 0 atom stereocenters. The Kier molecular flexibility index (Phi) is 5.18. The first-order valence-electron chi connectivity index (χ1n) is 7.61. The van der Waals surface area contributed by atoms with Crippen LogP contribution in [-0.4, -0.2) is 21.8 Å². The lowest BCUT2D eigenvalue weighted by molar-refractivity contribution is 0.0954. The average molecular weight is 445 g/mol. The van der Waals surface area contributed by atoms with Gasteiger partial charge < -0.3 is 9.67 Å². The number of amides is 1. The van der Waals surface area contributed by atoms with Gasteiger partial charge in [-0.05, 0) is 65.9 Å². The Morgan fingerprint density at radius 1 is 1.20 bits per heavy atom. The van der Waals surface area contributed by atoms with Gasteiger partial charge in [0.05, 0.1) is 9.78 Å². The number of carbonyl (C=O) groups excluding carboxylic acids is 1. The molecule has 1 aromatic heterocycles. The minimum absolute atomic E-state index is 0.0767. The molecule has 2 aromatic carbocycles. The first kappa shape index (κ1) is 17.2. The number of rotatable bonds is 4. The van der Waals surface area contributed by atoms with Gasteiger partial charge in [0.15, 0.2) is 0 Å². The van der Waals surface area contributed by atoms with Crippen LogP contribution in [0.2, 0.25) is 0 Å². The second kappa shape index (κ2) is 7.52. The number of nitrogens with zero attached hydrogens (tertiary/aromatic N) is 2. The molecule has 0 radical (unpaired) electrons. The number of phenolic OH excluding ortho intramolecular Hbond substituents is 1. The van der Waals surface area contributed by atoms with Crippen LogP contribution in [0.3, 0.4) is 0 Å². The van der Waals surface area contributed by atoms with Gasteiger partial charge in [-0.2, -0.15) is 5.10 Å². The van der Waals surface area contributed by atoms with Gasteiger partial charge in [0.1, 0.15) is 5.75 Å². The lowest BCUT2D eigenvalue weighted by Crippen LogP contribution is -2.17. The Balaban J connectivity index is 1.70. The smallest absolute Gasteiger partial charge is 0.271 e. The van der Waals surface area contributed by atoms with Crippen LogP contribution in [0.15, 0.2) is 65.9 Å². The number of hydrazone groups is 1. The van der Waals surface area contributed by atoms with Gasteiger partial charge in [0, 0.05) is 28.7 Å². The van der Waals surface area contributed by atoms with E-state index < -0.39 is 0 Å². The van der Waals surface area contributed by atoms with E-state index in [-0.39, 0.29) is 11.7 Å². The van der Waals surface area contributed by atoms with Crippen molar-refractivity contribution in [1.29, 1.82) is 0 Å². The number of carbonyl (C=O) groups is 1. The summed E-state index contributed by atoms with van der Waals surface area (Å²) in [6.07, 6.45) is 3.55. The lowest BCUT2D eigenvalue weighted by atomic mass is 10.2. The van der Waals surface area contributed by atoms with Crippen molar-refractivity contribution in [2.24, 2.45) is 5.10 Å². The molecular formula is C19H16IN3O2. The van der Waals surface area contributed by atoms with Gasteiger partial charge in [0.25, 0.3) is 5.91 Å². The van der Waals surface area contributed by atoms with Crippen LogP contribution in [0.4, 0.5) is 0 Å². The van der Waals surface area contributed by atoms with Gasteiger partial charge in [-0.25, -0.2) is 5.43 Å². The first-order valence-corrected chi connectivity index (χ1v) is 8.69. The Hall–Kier alpha value is -2.61. The molecule has 0 saturated carbocycles. The minimum atomic E-state index is -0.373. The maximum atomic E-state index is 12.0. The molecule has 0 saturated heterocycles. The van der Waals surface area contributed by atoms with E-state index in [1.54, 1.807) is 18.3 Å². The van der Waals surface area contributed by atoms with Crippen molar-refractivity contribution in [3.63, 3.8) is 0 Å². The Morgan fingerprint density at radius 2 is 1.96 bits per heavy atom. The van der Waals surface area contributed by atoms with E-state index in [4.69, 9.17) is 0 Å². The summed E-state index contributed by atoms with van der Waals surface area (Å²) in [4.78, 5) is 12.0. The van der Waals surface area contributed by atoms with E-state index in [2.05, 4.69) is 15.1 Å². The van der Waals surface area contributed by atoms with E-state index in [1.165, 1.54) is 6.07 Å². The molecule has 0 aliphatic rings. The van der Waals surface area contributed by atoms with Crippen molar-refractivity contribution in [3.05, 3.63) is 81.2 Å². The fourth-order valence-electron chi connectivity index (χ4n) is 2.42. The first-order chi connectivity index (χ1) is 12.0. The van der Waals surface area contributed by atoms with Crippen LogP contribution in [0.5, 0.6) is 5.75 Å². The van der Waals surface area contributed by atoms with E-state index >= 15 is 0 Å². The summed E-state index contributed by atoms with van der Waals surface area (Å²) in [6, 6.07) is 16.7. The SMILES string of the molecule is Cc1cc(/C=N\NC(=O)c2ccc(I)c(O)c2)cn1-c1ccccc1. The van der Waals surface area contributed by atoms with Crippen molar-refractivity contribution < 1.29 is 9.90 Å². The Morgan fingerprint density at radius 3 is 2.68 bits per heavy atom. The maximum Gasteiger partial charge on any atom is 0.271 e. The van der Waals surface area contributed by atoms with Gasteiger partial charge in [0.2, 0.25) is 0 Å². The predicted molar refractivity (Wildman–Crippen MR) is 106 cm³/mol. The van der Waals surface area contributed by atoms with Crippen LogP contribution in [-0.2, 0) is 0 Å².